The maximum Gasteiger partial charge on any atom is 0.0998 e. The summed E-state index contributed by atoms with van der Waals surface area (Å²) in [5.41, 5.74) is 6.88. The largest absolute Gasteiger partial charge is 0.192 e. The van der Waals surface area contributed by atoms with Gasteiger partial charge in [-0.15, -0.1) is 22.7 Å². The third-order valence-corrected chi connectivity index (χ3v) is 10.2. The molecule has 8 rings (SSSR count). The van der Waals surface area contributed by atoms with Crippen molar-refractivity contribution in [2.45, 2.75) is 0 Å². The molecular weight excluding hydrogens is 549 g/mol. The highest BCUT2D eigenvalue weighted by molar-refractivity contribution is 7.26. The zero-order valence-corrected chi connectivity index (χ0v) is 23.9. The number of nitriles is 2. The first-order chi connectivity index (χ1) is 20.7. The van der Waals surface area contributed by atoms with Crippen molar-refractivity contribution in [3.8, 4) is 45.5 Å². The Morgan fingerprint density at radius 1 is 0.429 bits per heavy atom. The highest BCUT2D eigenvalue weighted by Gasteiger charge is 2.17. The first kappa shape index (κ1) is 24.5. The fraction of sp³-hybridized carbons (Fsp3) is 0. The molecule has 0 aliphatic rings. The van der Waals surface area contributed by atoms with Crippen molar-refractivity contribution >= 4 is 63.0 Å². The van der Waals surface area contributed by atoms with E-state index in [0.29, 0.717) is 16.7 Å². The average Bonchev–Trinajstić information content (AvgIpc) is 3.62. The molecule has 0 N–H and O–H groups in total. The van der Waals surface area contributed by atoms with Crippen LogP contribution < -0.4 is 0 Å². The molecule has 8 aromatic rings. The zero-order valence-electron chi connectivity index (χ0n) is 22.3. The normalized spacial score (nSPS) is 11.3. The minimum Gasteiger partial charge on any atom is -0.192 e. The van der Waals surface area contributed by atoms with Crippen LogP contribution in [0.5, 0.6) is 0 Å². The number of benzene rings is 6. The molecular formula is C38H20N2S2. The van der Waals surface area contributed by atoms with Gasteiger partial charge in [-0.25, -0.2) is 0 Å². The molecule has 6 aromatic carbocycles. The van der Waals surface area contributed by atoms with Gasteiger partial charge >= 0.3 is 0 Å². The highest BCUT2D eigenvalue weighted by atomic mass is 32.1. The van der Waals surface area contributed by atoms with Gasteiger partial charge in [0.25, 0.3) is 0 Å². The minimum absolute atomic E-state index is 0.496. The second-order valence-corrected chi connectivity index (χ2v) is 12.5. The van der Waals surface area contributed by atoms with E-state index in [1.165, 1.54) is 40.3 Å². The maximum atomic E-state index is 10.0. The van der Waals surface area contributed by atoms with Gasteiger partial charge in [0.05, 0.1) is 23.3 Å². The van der Waals surface area contributed by atoms with Crippen molar-refractivity contribution in [1.29, 1.82) is 10.5 Å². The van der Waals surface area contributed by atoms with Crippen molar-refractivity contribution in [1.82, 2.24) is 0 Å². The SMILES string of the molecule is N#Cc1cccc(C#N)c1-c1cc(-c2ccc3sc4ccccc4c3c2)cc(-c2cccc3sc4ccccc4c23)c1. The van der Waals surface area contributed by atoms with Gasteiger partial charge in [0, 0.05) is 45.9 Å². The molecule has 0 saturated carbocycles. The summed E-state index contributed by atoms with van der Waals surface area (Å²) in [6.07, 6.45) is 0. The highest BCUT2D eigenvalue weighted by Crippen LogP contribution is 2.43. The molecule has 2 heterocycles. The molecule has 194 valence electrons. The van der Waals surface area contributed by atoms with Crippen LogP contribution in [0.3, 0.4) is 0 Å². The molecule has 42 heavy (non-hydrogen) atoms. The minimum atomic E-state index is 0.496. The van der Waals surface area contributed by atoms with Gasteiger partial charge in [-0.1, -0.05) is 60.7 Å². The Kier molecular flexibility index (Phi) is 5.66. The van der Waals surface area contributed by atoms with Crippen LogP contribution in [0.25, 0.3) is 73.7 Å². The number of hydrogen-bond donors (Lipinski definition) is 0. The predicted octanol–water partition coefficient (Wildman–Crippen LogP) is 11.2. The third-order valence-electron chi connectivity index (χ3n) is 7.95. The lowest BCUT2D eigenvalue weighted by molar-refractivity contribution is 1.44. The van der Waals surface area contributed by atoms with Crippen molar-refractivity contribution in [2.75, 3.05) is 0 Å². The van der Waals surface area contributed by atoms with Gasteiger partial charge in [0.15, 0.2) is 0 Å². The summed E-state index contributed by atoms with van der Waals surface area (Å²) < 4.78 is 5.03. The molecule has 0 unspecified atom stereocenters. The summed E-state index contributed by atoms with van der Waals surface area (Å²) in [7, 11) is 0. The molecule has 2 nitrogen and oxygen atoms in total. The first-order valence-electron chi connectivity index (χ1n) is 13.6. The standard InChI is InChI=1S/C38H20N2S2/c39-21-24-7-5-8-25(22-40)37(24)28-18-26(23-15-16-35-32(20-23)30-9-1-3-12-33(30)41-35)17-27(19-28)29-11-6-14-36-38(29)31-10-2-4-13-34(31)42-36/h1-20H. The van der Waals surface area contributed by atoms with E-state index in [0.717, 1.165) is 27.8 Å². The molecule has 0 amide bonds. The molecule has 0 fully saturated rings. The van der Waals surface area contributed by atoms with E-state index in [1.54, 1.807) is 29.5 Å². The van der Waals surface area contributed by atoms with E-state index in [2.05, 4.69) is 115 Å². The maximum absolute atomic E-state index is 10.0. The Bertz CT molecular complexity index is 2410. The summed E-state index contributed by atoms with van der Waals surface area (Å²) in [4.78, 5) is 0. The van der Waals surface area contributed by atoms with Gasteiger partial charge in [-0.2, -0.15) is 10.5 Å². The van der Waals surface area contributed by atoms with Crippen molar-refractivity contribution in [3.63, 3.8) is 0 Å². The molecule has 0 radical (unpaired) electrons. The van der Waals surface area contributed by atoms with E-state index >= 15 is 0 Å². The molecule has 0 saturated heterocycles. The Morgan fingerprint density at radius 3 is 1.81 bits per heavy atom. The van der Waals surface area contributed by atoms with Crippen LogP contribution in [0.15, 0.2) is 121 Å². The third kappa shape index (κ3) is 3.82. The second-order valence-electron chi connectivity index (χ2n) is 10.3. The number of thiophene rings is 2. The van der Waals surface area contributed by atoms with Gasteiger partial charge < -0.3 is 0 Å². The van der Waals surface area contributed by atoms with Crippen LogP contribution in [0.4, 0.5) is 0 Å². The topological polar surface area (TPSA) is 47.6 Å². The number of hydrogen-bond acceptors (Lipinski definition) is 4. The molecule has 0 bridgehead atoms. The Balaban J connectivity index is 1.45. The molecule has 4 heteroatoms. The lowest BCUT2D eigenvalue weighted by Crippen LogP contribution is -1.92. The smallest absolute Gasteiger partial charge is 0.0998 e. The predicted molar refractivity (Wildman–Crippen MR) is 178 cm³/mol. The Hall–Kier alpha value is -5.26. The van der Waals surface area contributed by atoms with Crippen molar-refractivity contribution in [3.05, 3.63) is 132 Å². The number of nitrogens with zero attached hydrogens (tertiary/aromatic N) is 2. The van der Waals surface area contributed by atoms with Crippen LogP contribution in [-0.2, 0) is 0 Å². The molecule has 0 spiro atoms. The Morgan fingerprint density at radius 2 is 1.02 bits per heavy atom. The van der Waals surface area contributed by atoms with E-state index in [-0.39, 0.29) is 0 Å². The van der Waals surface area contributed by atoms with E-state index in [9.17, 15) is 10.5 Å². The lowest BCUT2D eigenvalue weighted by atomic mass is 9.88. The summed E-state index contributed by atoms with van der Waals surface area (Å²) in [6.45, 7) is 0. The molecule has 2 aromatic heterocycles. The molecule has 0 aliphatic carbocycles. The van der Waals surface area contributed by atoms with Crippen LogP contribution in [0.2, 0.25) is 0 Å². The summed E-state index contributed by atoms with van der Waals surface area (Å²) in [5.74, 6) is 0. The van der Waals surface area contributed by atoms with E-state index in [4.69, 9.17) is 0 Å². The van der Waals surface area contributed by atoms with Gasteiger partial charge in [-0.3, -0.25) is 0 Å². The number of fused-ring (bicyclic) bond motifs is 6. The van der Waals surface area contributed by atoms with E-state index < -0.39 is 0 Å². The van der Waals surface area contributed by atoms with Gasteiger partial charge in [-0.05, 0) is 88.5 Å². The van der Waals surface area contributed by atoms with Crippen LogP contribution in [-0.4, -0.2) is 0 Å². The summed E-state index contributed by atoms with van der Waals surface area (Å²) in [5, 5.41) is 25.0. The summed E-state index contributed by atoms with van der Waals surface area (Å²) >= 11 is 3.61. The quantitative estimate of drug-likeness (QED) is 0.213. The lowest BCUT2D eigenvalue weighted by Gasteiger charge is -2.14. The zero-order chi connectivity index (χ0) is 28.2. The van der Waals surface area contributed by atoms with E-state index in [1.807, 2.05) is 11.3 Å². The first-order valence-corrected chi connectivity index (χ1v) is 15.3. The Labute approximate surface area is 250 Å². The fourth-order valence-corrected chi connectivity index (χ4v) is 8.28. The summed E-state index contributed by atoms with van der Waals surface area (Å²) in [6, 6.07) is 46.8. The molecule has 0 atom stereocenters. The number of rotatable bonds is 3. The van der Waals surface area contributed by atoms with Crippen LogP contribution in [0.1, 0.15) is 11.1 Å². The monoisotopic (exact) mass is 568 g/mol. The average molecular weight is 569 g/mol. The second kappa shape index (κ2) is 9.68. The molecule has 0 aliphatic heterocycles. The van der Waals surface area contributed by atoms with Crippen molar-refractivity contribution < 1.29 is 0 Å². The van der Waals surface area contributed by atoms with Crippen LogP contribution >= 0.6 is 22.7 Å². The van der Waals surface area contributed by atoms with Crippen LogP contribution in [0, 0.1) is 22.7 Å². The fourth-order valence-electron chi connectivity index (χ4n) is 6.06. The van der Waals surface area contributed by atoms with Gasteiger partial charge in [0.1, 0.15) is 0 Å². The van der Waals surface area contributed by atoms with Gasteiger partial charge in [0.2, 0.25) is 0 Å². The van der Waals surface area contributed by atoms with Crippen molar-refractivity contribution in [2.24, 2.45) is 0 Å².